The predicted octanol–water partition coefficient (Wildman–Crippen LogP) is 4.29. The van der Waals surface area contributed by atoms with E-state index >= 15 is 0 Å². The summed E-state index contributed by atoms with van der Waals surface area (Å²) >= 11 is 0. The Morgan fingerprint density at radius 3 is 2.67 bits per heavy atom. The first-order chi connectivity index (χ1) is 13.2. The maximum atomic E-state index is 13.0. The summed E-state index contributed by atoms with van der Waals surface area (Å²) < 4.78 is 13.0. The monoisotopic (exact) mass is 364 g/mol. The van der Waals surface area contributed by atoms with Crippen molar-refractivity contribution in [2.75, 3.05) is 25.0 Å². The summed E-state index contributed by atoms with van der Waals surface area (Å²) in [6.45, 7) is 3.18. The number of anilines is 1. The molecule has 3 nitrogen and oxygen atoms in total. The van der Waals surface area contributed by atoms with Gasteiger partial charge in [0.25, 0.3) is 0 Å². The van der Waals surface area contributed by atoms with Crippen LogP contribution in [-0.2, 0) is 17.6 Å². The standard InChI is InChI=1S/C23H25FN2O/c24-21-6-3-18(4-7-21)14-19-9-12-26(13-10-19)11-1-2-17-5-8-22-20(15-17)16-23(27)25-22/h1-8,15,19H,9-14,16H2,(H,25,27). The average molecular weight is 364 g/mol. The van der Waals surface area contributed by atoms with Gasteiger partial charge in [-0.1, -0.05) is 30.4 Å². The first kappa shape index (κ1) is 17.9. The lowest BCUT2D eigenvalue weighted by atomic mass is 9.90. The van der Waals surface area contributed by atoms with E-state index in [2.05, 4.69) is 34.5 Å². The highest BCUT2D eigenvalue weighted by atomic mass is 19.1. The summed E-state index contributed by atoms with van der Waals surface area (Å²) in [6.07, 6.45) is 8.28. The van der Waals surface area contributed by atoms with Crippen LogP contribution in [0.4, 0.5) is 10.1 Å². The highest BCUT2D eigenvalue weighted by Crippen LogP contribution is 2.25. The van der Waals surface area contributed by atoms with E-state index in [1.807, 2.05) is 18.2 Å². The van der Waals surface area contributed by atoms with Crippen LogP contribution in [0.5, 0.6) is 0 Å². The van der Waals surface area contributed by atoms with Crippen LogP contribution in [0, 0.1) is 11.7 Å². The summed E-state index contributed by atoms with van der Waals surface area (Å²) in [5.41, 5.74) is 4.42. The average Bonchev–Trinajstić information content (AvgIpc) is 3.04. The van der Waals surface area contributed by atoms with Gasteiger partial charge < -0.3 is 5.32 Å². The number of amides is 1. The van der Waals surface area contributed by atoms with Crippen molar-refractivity contribution >= 4 is 17.7 Å². The van der Waals surface area contributed by atoms with Gasteiger partial charge in [-0.05, 0) is 79.2 Å². The normalized spacial score (nSPS) is 18.0. The Morgan fingerprint density at radius 1 is 1.11 bits per heavy atom. The van der Waals surface area contributed by atoms with E-state index in [0.717, 1.165) is 42.9 Å². The second kappa shape index (κ2) is 8.05. The molecule has 27 heavy (non-hydrogen) atoms. The Bertz CT molecular complexity index is 836. The maximum Gasteiger partial charge on any atom is 0.228 e. The van der Waals surface area contributed by atoms with Crippen LogP contribution in [0.25, 0.3) is 6.08 Å². The van der Waals surface area contributed by atoms with E-state index in [1.54, 1.807) is 12.1 Å². The Balaban J connectivity index is 1.24. The highest BCUT2D eigenvalue weighted by molar-refractivity contribution is 5.99. The van der Waals surface area contributed by atoms with E-state index in [9.17, 15) is 9.18 Å². The molecule has 2 aliphatic heterocycles. The molecule has 1 fully saturated rings. The predicted molar refractivity (Wildman–Crippen MR) is 107 cm³/mol. The van der Waals surface area contributed by atoms with Crippen molar-refractivity contribution < 1.29 is 9.18 Å². The fraction of sp³-hybridized carbons (Fsp3) is 0.348. The Morgan fingerprint density at radius 2 is 1.89 bits per heavy atom. The van der Waals surface area contributed by atoms with E-state index in [4.69, 9.17) is 0 Å². The molecule has 140 valence electrons. The number of fused-ring (bicyclic) bond motifs is 1. The van der Waals surface area contributed by atoms with Crippen LogP contribution in [0.15, 0.2) is 48.5 Å². The molecule has 1 amide bonds. The number of carbonyl (C=O) groups is 1. The van der Waals surface area contributed by atoms with Crippen molar-refractivity contribution in [1.82, 2.24) is 4.90 Å². The van der Waals surface area contributed by atoms with Crippen LogP contribution in [-0.4, -0.2) is 30.4 Å². The minimum Gasteiger partial charge on any atom is -0.326 e. The van der Waals surface area contributed by atoms with Crippen molar-refractivity contribution in [1.29, 1.82) is 0 Å². The van der Waals surface area contributed by atoms with E-state index in [1.165, 1.54) is 18.4 Å². The lowest BCUT2D eigenvalue weighted by Gasteiger charge is -2.31. The molecule has 0 radical (unpaired) electrons. The zero-order chi connectivity index (χ0) is 18.6. The number of nitrogens with one attached hydrogen (secondary N) is 1. The Kier molecular flexibility index (Phi) is 5.35. The van der Waals surface area contributed by atoms with Gasteiger partial charge in [-0.2, -0.15) is 0 Å². The topological polar surface area (TPSA) is 32.3 Å². The molecule has 0 bridgehead atoms. The number of carbonyl (C=O) groups excluding carboxylic acids is 1. The van der Waals surface area contributed by atoms with Crippen molar-refractivity contribution in [3.63, 3.8) is 0 Å². The lowest BCUT2D eigenvalue weighted by Crippen LogP contribution is -2.34. The molecule has 4 rings (SSSR count). The summed E-state index contributed by atoms with van der Waals surface area (Å²) in [6, 6.07) is 13.1. The quantitative estimate of drug-likeness (QED) is 0.858. The second-order valence-electron chi connectivity index (χ2n) is 7.62. The zero-order valence-corrected chi connectivity index (χ0v) is 15.5. The Hall–Kier alpha value is -2.46. The van der Waals surface area contributed by atoms with Gasteiger partial charge in [-0.3, -0.25) is 9.69 Å². The Labute approximate surface area is 159 Å². The molecule has 4 heteroatoms. The molecule has 2 aromatic carbocycles. The fourth-order valence-corrected chi connectivity index (χ4v) is 4.02. The molecule has 1 N–H and O–H groups in total. The minimum atomic E-state index is -0.161. The van der Waals surface area contributed by atoms with Crippen molar-refractivity contribution in [3.8, 4) is 0 Å². The van der Waals surface area contributed by atoms with Crippen molar-refractivity contribution in [2.45, 2.75) is 25.7 Å². The van der Waals surface area contributed by atoms with Gasteiger partial charge in [0, 0.05) is 12.2 Å². The number of benzene rings is 2. The van der Waals surface area contributed by atoms with Crippen LogP contribution in [0.2, 0.25) is 0 Å². The first-order valence-corrected chi connectivity index (χ1v) is 9.72. The molecule has 0 unspecified atom stereocenters. The third kappa shape index (κ3) is 4.64. The van der Waals surface area contributed by atoms with Crippen LogP contribution >= 0.6 is 0 Å². The maximum absolute atomic E-state index is 13.0. The van der Waals surface area contributed by atoms with Gasteiger partial charge in [0.15, 0.2) is 0 Å². The SMILES string of the molecule is O=C1Cc2cc(C=CCN3CCC(Cc4ccc(F)cc4)CC3)ccc2N1. The minimum absolute atomic E-state index is 0.0784. The van der Waals surface area contributed by atoms with Gasteiger partial charge in [0.05, 0.1) is 6.42 Å². The molecular weight excluding hydrogens is 339 g/mol. The third-order valence-electron chi connectivity index (χ3n) is 5.57. The summed E-state index contributed by atoms with van der Waals surface area (Å²) in [7, 11) is 0. The molecule has 0 aromatic heterocycles. The molecule has 2 aromatic rings. The van der Waals surface area contributed by atoms with E-state index in [0.29, 0.717) is 12.3 Å². The van der Waals surface area contributed by atoms with Crippen molar-refractivity contribution in [3.05, 3.63) is 71.0 Å². The lowest BCUT2D eigenvalue weighted by molar-refractivity contribution is -0.115. The number of halogens is 1. The molecule has 1 saturated heterocycles. The smallest absolute Gasteiger partial charge is 0.228 e. The summed E-state index contributed by atoms with van der Waals surface area (Å²) in [5, 5.41) is 2.87. The number of likely N-dealkylation sites (tertiary alicyclic amines) is 1. The zero-order valence-electron chi connectivity index (χ0n) is 15.5. The summed E-state index contributed by atoms with van der Waals surface area (Å²) in [5.74, 6) is 0.610. The third-order valence-corrected chi connectivity index (χ3v) is 5.57. The summed E-state index contributed by atoms with van der Waals surface area (Å²) in [4.78, 5) is 13.9. The molecule has 0 atom stereocenters. The molecule has 0 saturated carbocycles. The number of hydrogen-bond donors (Lipinski definition) is 1. The van der Waals surface area contributed by atoms with E-state index in [-0.39, 0.29) is 11.7 Å². The van der Waals surface area contributed by atoms with Gasteiger partial charge in [-0.25, -0.2) is 4.39 Å². The second-order valence-corrected chi connectivity index (χ2v) is 7.62. The van der Waals surface area contributed by atoms with Gasteiger partial charge in [0.2, 0.25) is 5.91 Å². The molecule has 0 aliphatic carbocycles. The van der Waals surface area contributed by atoms with Gasteiger partial charge in [0.1, 0.15) is 5.82 Å². The number of rotatable bonds is 5. The number of piperidine rings is 1. The molecular formula is C23H25FN2O. The number of nitrogens with zero attached hydrogens (tertiary/aromatic N) is 1. The first-order valence-electron chi connectivity index (χ1n) is 9.72. The van der Waals surface area contributed by atoms with Crippen molar-refractivity contribution in [2.24, 2.45) is 5.92 Å². The largest absolute Gasteiger partial charge is 0.326 e. The highest BCUT2D eigenvalue weighted by Gasteiger charge is 2.19. The van der Waals surface area contributed by atoms with E-state index < -0.39 is 0 Å². The molecule has 0 spiro atoms. The van der Waals surface area contributed by atoms with Crippen LogP contribution < -0.4 is 5.32 Å². The molecule has 2 heterocycles. The fourth-order valence-electron chi connectivity index (χ4n) is 4.02. The van der Waals surface area contributed by atoms with Crippen LogP contribution in [0.3, 0.4) is 0 Å². The number of hydrogen-bond acceptors (Lipinski definition) is 2. The van der Waals surface area contributed by atoms with Gasteiger partial charge >= 0.3 is 0 Å². The molecule has 2 aliphatic rings. The van der Waals surface area contributed by atoms with Crippen LogP contribution in [0.1, 0.15) is 29.5 Å². The van der Waals surface area contributed by atoms with Gasteiger partial charge in [-0.15, -0.1) is 0 Å².